The van der Waals surface area contributed by atoms with Crippen LogP contribution in [0.4, 0.5) is 0 Å². The molecule has 1 N–H and O–H groups in total. The molecule has 0 radical (unpaired) electrons. The second-order valence-corrected chi connectivity index (χ2v) is 5.58. The number of hydrogen-bond acceptors (Lipinski definition) is 4. The minimum atomic E-state index is 0.106. The van der Waals surface area contributed by atoms with Crippen molar-refractivity contribution in [3.63, 3.8) is 0 Å². The van der Waals surface area contributed by atoms with E-state index >= 15 is 0 Å². The first-order chi connectivity index (χ1) is 9.19. The van der Waals surface area contributed by atoms with Gasteiger partial charge in [0.25, 0.3) is 0 Å². The van der Waals surface area contributed by atoms with Gasteiger partial charge in [-0.25, -0.2) is 0 Å². The minimum absolute atomic E-state index is 0.106. The molecule has 1 aliphatic heterocycles. The Morgan fingerprint density at radius 3 is 2.58 bits per heavy atom. The van der Waals surface area contributed by atoms with Crippen LogP contribution < -0.4 is 0 Å². The first-order valence-electron chi connectivity index (χ1n) is 6.87. The van der Waals surface area contributed by atoms with Crippen LogP contribution in [0.25, 0.3) is 0 Å². The molecule has 0 saturated carbocycles. The molecule has 4 nitrogen and oxygen atoms in total. The maximum atomic E-state index is 9.30. The Hall–Kier alpha value is -1.39. The Balaban J connectivity index is 1.94. The number of ether oxygens (including phenoxy) is 1. The summed E-state index contributed by atoms with van der Waals surface area (Å²) in [6, 6.07) is 8.46. The lowest BCUT2D eigenvalue weighted by molar-refractivity contribution is -0.0737. The standard InChI is InChI=1S/C15H20N2O2/c1-10-8-17(9-11(2)19-10)15-13-6-4-3-5-12(13)7-14(15)16-18/h3-6,10-11,15,18H,7-9H2,1-2H3/b16-14+/t10-,11-,15+/m1/s1. The average molecular weight is 260 g/mol. The van der Waals surface area contributed by atoms with Crippen LogP contribution in [0, 0.1) is 0 Å². The normalized spacial score (nSPS) is 33.6. The Kier molecular flexibility index (Phi) is 3.29. The number of rotatable bonds is 1. The van der Waals surface area contributed by atoms with Gasteiger partial charge in [0, 0.05) is 19.5 Å². The Labute approximate surface area is 113 Å². The highest BCUT2D eigenvalue weighted by molar-refractivity contribution is 5.96. The summed E-state index contributed by atoms with van der Waals surface area (Å²) in [5, 5.41) is 12.8. The third-order valence-electron chi connectivity index (χ3n) is 3.98. The molecule has 1 aliphatic carbocycles. The summed E-state index contributed by atoms with van der Waals surface area (Å²) in [6.45, 7) is 5.95. The van der Waals surface area contributed by atoms with Gasteiger partial charge in [-0.05, 0) is 25.0 Å². The third kappa shape index (κ3) is 2.26. The molecule has 19 heavy (non-hydrogen) atoms. The zero-order chi connectivity index (χ0) is 13.4. The van der Waals surface area contributed by atoms with Gasteiger partial charge in [-0.1, -0.05) is 29.4 Å². The van der Waals surface area contributed by atoms with Gasteiger partial charge in [-0.15, -0.1) is 0 Å². The zero-order valence-corrected chi connectivity index (χ0v) is 11.4. The van der Waals surface area contributed by atoms with E-state index in [1.165, 1.54) is 11.1 Å². The molecule has 3 atom stereocenters. The molecule has 0 unspecified atom stereocenters. The predicted molar refractivity (Wildman–Crippen MR) is 73.7 cm³/mol. The molecule has 1 saturated heterocycles. The van der Waals surface area contributed by atoms with E-state index in [9.17, 15) is 5.21 Å². The molecule has 1 heterocycles. The maximum Gasteiger partial charge on any atom is 0.0831 e. The lowest BCUT2D eigenvalue weighted by Crippen LogP contribution is -2.48. The molecular weight excluding hydrogens is 240 g/mol. The van der Waals surface area contributed by atoms with Crippen molar-refractivity contribution in [2.24, 2.45) is 5.16 Å². The monoisotopic (exact) mass is 260 g/mol. The number of oxime groups is 1. The molecular formula is C15H20N2O2. The van der Waals surface area contributed by atoms with Crippen LogP contribution in [0.15, 0.2) is 29.4 Å². The van der Waals surface area contributed by atoms with E-state index in [2.05, 4.69) is 42.1 Å². The average Bonchev–Trinajstić information content (AvgIpc) is 2.75. The molecule has 0 bridgehead atoms. The predicted octanol–water partition coefficient (Wildman–Crippen LogP) is 2.22. The summed E-state index contributed by atoms with van der Waals surface area (Å²) < 4.78 is 5.79. The van der Waals surface area contributed by atoms with Crippen molar-refractivity contribution in [2.75, 3.05) is 13.1 Å². The van der Waals surface area contributed by atoms with E-state index < -0.39 is 0 Å². The summed E-state index contributed by atoms with van der Waals surface area (Å²) in [6.07, 6.45) is 1.19. The van der Waals surface area contributed by atoms with Gasteiger partial charge in [0.2, 0.25) is 0 Å². The fourth-order valence-corrected chi connectivity index (χ4v) is 3.36. The van der Waals surface area contributed by atoms with E-state index in [-0.39, 0.29) is 18.2 Å². The fraction of sp³-hybridized carbons (Fsp3) is 0.533. The van der Waals surface area contributed by atoms with E-state index in [0.29, 0.717) is 0 Å². The van der Waals surface area contributed by atoms with Gasteiger partial charge in [0.15, 0.2) is 0 Å². The van der Waals surface area contributed by atoms with E-state index in [0.717, 1.165) is 25.2 Å². The topological polar surface area (TPSA) is 45.1 Å². The van der Waals surface area contributed by atoms with Gasteiger partial charge in [-0.2, -0.15) is 0 Å². The molecule has 0 amide bonds. The number of nitrogens with zero attached hydrogens (tertiary/aromatic N) is 2. The largest absolute Gasteiger partial charge is 0.411 e. The summed E-state index contributed by atoms with van der Waals surface area (Å²) in [7, 11) is 0. The van der Waals surface area contributed by atoms with E-state index in [4.69, 9.17) is 4.74 Å². The van der Waals surface area contributed by atoms with Crippen molar-refractivity contribution in [2.45, 2.75) is 38.5 Å². The molecule has 1 aromatic rings. The highest BCUT2D eigenvalue weighted by Gasteiger charge is 2.37. The number of hydrogen-bond donors (Lipinski definition) is 1. The number of morpholine rings is 1. The van der Waals surface area contributed by atoms with Crippen molar-refractivity contribution in [1.29, 1.82) is 0 Å². The van der Waals surface area contributed by atoms with Gasteiger partial charge in [-0.3, -0.25) is 4.90 Å². The highest BCUT2D eigenvalue weighted by Crippen LogP contribution is 2.35. The highest BCUT2D eigenvalue weighted by atomic mass is 16.5. The number of benzene rings is 1. The van der Waals surface area contributed by atoms with Crippen LogP contribution in [-0.2, 0) is 11.2 Å². The number of fused-ring (bicyclic) bond motifs is 1. The molecule has 3 rings (SSSR count). The van der Waals surface area contributed by atoms with Gasteiger partial charge < -0.3 is 9.94 Å². The molecule has 1 aromatic carbocycles. The Bertz CT molecular complexity index is 491. The lowest BCUT2D eigenvalue weighted by Gasteiger charge is -2.39. The van der Waals surface area contributed by atoms with Crippen molar-refractivity contribution < 1.29 is 9.94 Å². The fourth-order valence-electron chi connectivity index (χ4n) is 3.36. The summed E-state index contributed by atoms with van der Waals surface area (Å²) in [4.78, 5) is 2.37. The van der Waals surface area contributed by atoms with Crippen LogP contribution in [0.2, 0.25) is 0 Å². The smallest absolute Gasteiger partial charge is 0.0831 e. The van der Waals surface area contributed by atoms with Crippen molar-refractivity contribution in [1.82, 2.24) is 4.90 Å². The van der Waals surface area contributed by atoms with Crippen LogP contribution in [0.5, 0.6) is 0 Å². The zero-order valence-electron chi connectivity index (χ0n) is 11.4. The lowest BCUT2D eigenvalue weighted by atomic mass is 10.0. The molecule has 0 spiro atoms. The molecule has 4 heteroatoms. The third-order valence-corrected chi connectivity index (χ3v) is 3.98. The summed E-state index contributed by atoms with van der Waals surface area (Å²) in [5.41, 5.74) is 3.39. The maximum absolute atomic E-state index is 9.30. The van der Waals surface area contributed by atoms with Crippen LogP contribution in [0.3, 0.4) is 0 Å². The summed E-state index contributed by atoms with van der Waals surface area (Å²) >= 11 is 0. The second-order valence-electron chi connectivity index (χ2n) is 5.58. The van der Waals surface area contributed by atoms with Crippen molar-refractivity contribution in [3.8, 4) is 0 Å². The summed E-state index contributed by atoms with van der Waals surface area (Å²) in [5.74, 6) is 0. The SMILES string of the molecule is C[C@@H]1CN([C@@H]2/C(=N/O)Cc3ccccc32)C[C@@H](C)O1. The van der Waals surface area contributed by atoms with Crippen molar-refractivity contribution >= 4 is 5.71 Å². The molecule has 1 fully saturated rings. The molecule has 102 valence electrons. The van der Waals surface area contributed by atoms with E-state index in [1.54, 1.807) is 0 Å². The van der Waals surface area contributed by atoms with Crippen molar-refractivity contribution in [3.05, 3.63) is 35.4 Å². The second kappa shape index (κ2) is 4.94. The Morgan fingerprint density at radius 2 is 1.89 bits per heavy atom. The van der Waals surface area contributed by atoms with Crippen LogP contribution in [0.1, 0.15) is 31.0 Å². The van der Waals surface area contributed by atoms with Gasteiger partial charge in [0.1, 0.15) is 0 Å². The first-order valence-corrected chi connectivity index (χ1v) is 6.87. The molecule has 2 aliphatic rings. The van der Waals surface area contributed by atoms with Gasteiger partial charge in [0.05, 0.1) is 24.0 Å². The van der Waals surface area contributed by atoms with Crippen LogP contribution in [-0.4, -0.2) is 41.1 Å². The van der Waals surface area contributed by atoms with Crippen LogP contribution >= 0.6 is 0 Å². The first kappa shape index (κ1) is 12.6. The molecule has 0 aromatic heterocycles. The quantitative estimate of drug-likeness (QED) is 0.622. The minimum Gasteiger partial charge on any atom is -0.411 e. The van der Waals surface area contributed by atoms with Gasteiger partial charge >= 0.3 is 0 Å². The van der Waals surface area contributed by atoms with E-state index in [1.807, 2.05) is 6.07 Å². The Morgan fingerprint density at radius 1 is 1.21 bits per heavy atom.